The van der Waals surface area contributed by atoms with Gasteiger partial charge in [-0.05, 0) is 48.8 Å². The maximum atomic E-state index is 6.12. The Kier molecular flexibility index (Phi) is 5.78. The molecule has 1 aromatic rings. The number of benzene rings is 1. The van der Waals surface area contributed by atoms with E-state index >= 15 is 0 Å². The van der Waals surface area contributed by atoms with Crippen LogP contribution in [-0.4, -0.2) is 18.8 Å². The van der Waals surface area contributed by atoms with Crippen LogP contribution in [0.15, 0.2) is 45.0 Å². The van der Waals surface area contributed by atoms with Crippen molar-refractivity contribution in [3.8, 4) is 0 Å². The van der Waals surface area contributed by atoms with Gasteiger partial charge in [0.15, 0.2) is 0 Å². The fourth-order valence-corrected chi connectivity index (χ4v) is 2.56. The first-order valence-corrected chi connectivity index (χ1v) is 8.02. The Morgan fingerprint density at radius 3 is 2.41 bits per heavy atom. The Hall–Kier alpha value is -1.61. The number of aliphatic imine (C=N–C) groups is 2. The zero-order valence-electron chi connectivity index (χ0n) is 13.7. The molecule has 0 aromatic heterocycles. The van der Waals surface area contributed by atoms with E-state index in [4.69, 9.17) is 16.3 Å². The van der Waals surface area contributed by atoms with Crippen molar-refractivity contribution in [2.75, 3.05) is 7.11 Å². The fourth-order valence-electron chi connectivity index (χ4n) is 2.39. The van der Waals surface area contributed by atoms with Crippen LogP contribution in [0.2, 0.25) is 0 Å². The summed E-state index contributed by atoms with van der Waals surface area (Å²) in [6.07, 6.45) is 2.77. The third-order valence-electron chi connectivity index (χ3n) is 3.63. The van der Waals surface area contributed by atoms with Gasteiger partial charge in [-0.3, -0.25) is 0 Å². The molecule has 1 aliphatic heterocycles. The molecule has 0 radical (unpaired) electrons. The van der Waals surface area contributed by atoms with Crippen molar-refractivity contribution in [2.45, 2.75) is 40.0 Å². The van der Waals surface area contributed by atoms with Crippen LogP contribution in [0.3, 0.4) is 0 Å². The molecule has 0 amide bonds. The predicted molar refractivity (Wildman–Crippen MR) is 93.8 cm³/mol. The Bertz CT molecular complexity index is 612. The minimum atomic E-state index is 0.310. The normalized spacial score (nSPS) is 24.1. The summed E-state index contributed by atoms with van der Waals surface area (Å²) in [5, 5.41) is 0.479. The highest BCUT2D eigenvalue weighted by atomic mass is 35.5. The van der Waals surface area contributed by atoms with Crippen molar-refractivity contribution in [1.82, 2.24) is 0 Å². The topological polar surface area (TPSA) is 34.0 Å². The molecule has 118 valence electrons. The molecular formula is C18H23ClN2O. The van der Waals surface area contributed by atoms with Gasteiger partial charge in [-0.1, -0.05) is 49.7 Å². The molecule has 0 atom stereocenters. The lowest BCUT2D eigenvalue weighted by molar-refractivity contribution is 0.396. The van der Waals surface area contributed by atoms with E-state index in [-0.39, 0.29) is 0 Å². The van der Waals surface area contributed by atoms with E-state index in [2.05, 4.69) is 48.1 Å². The molecule has 3 nitrogen and oxygen atoms in total. The molecule has 0 aliphatic carbocycles. The van der Waals surface area contributed by atoms with Crippen molar-refractivity contribution in [3.63, 3.8) is 0 Å². The Morgan fingerprint density at radius 1 is 1.14 bits per heavy atom. The van der Waals surface area contributed by atoms with Gasteiger partial charge in [0.2, 0.25) is 0 Å². The summed E-state index contributed by atoms with van der Waals surface area (Å²) in [5.41, 5.74) is 4.51. The number of rotatable bonds is 3. The summed E-state index contributed by atoms with van der Waals surface area (Å²) in [7, 11) is 1.56. The molecule has 0 bridgehead atoms. The second-order valence-corrected chi connectivity index (χ2v) is 6.38. The summed E-state index contributed by atoms with van der Waals surface area (Å²) in [6.45, 7) is 6.45. The Labute approximate surface area is 137 Å². The van der Waals surface area contributed by atoms with Crippen molar-refractivity contribution in [2.24, 2.45) is 15.9 Å². The summed E-state index contributed by atoms with van der Waals surface area (Å²) >= 11 is 6.12. The van der Waals surface area contributed by atoms with Gasteiger partial charge < -0.3 is 4.74 Å². The zero-order chi connectivity index (χ0) is 16.1. The molecule has 0 N–H and O–H groups in total. The second kappa shape index (κ2) is 7.59. The summed E-state index contributed by atoms with van der Waals surface area (Å²) in [6, 6.07) is 8.93. The van der Waals surface area contributed by atoms with Crippen molar-refractivity contribution in [3.05, 3.63) is 46.1 Å². The van der Waals surface area contributed by atoms with Gasteiger partial charge in [-0.15, -0.1) is 0 Å². The van der Waals surface area contributed by atoms with Crippen LogP contribution in [0.5, 0.6) is 0 Å². The molecule has 22 heavy (non-hydrogen) atoms. The zero-order valence-corrected chi connectivity index (χ0v) is 14.4. The average molecular weight is 319 g/mol. The molecule has 1 heterocycles. The number of halogens is 1. The number of ether oxygens (including phenoxy) is 1. The van der Waals surface area contributed by atoms with E-state index in [1.54, 1.807) is 7.11 Å². The van der Waals surface area contributed by atoms with Crippen molar-refractivity contribution < 1.29 is 4.74 Å². The molecule has 0 spiro atoms. The van der Waals surface area contributed by atoms with Crippen LogP contribution in [-0.2, 0) is 11.2 Å². The van der Waals surface area contributed by atoms with Gasteiger partial charge in [-0.25, -0.2) is 0 Å². The highest BCUT2D eigenvalue weighted by molar-refractivity contribution is 6.30. The van der Waals surface area contributed by atoms with Crippen LogP contribution >= 0.6 is 11.6 Å². The van der Waals surface area contributed by atoms with Gasteiger partial charge in [0.1, 0.15) is 5.16 Å². The maximum Gasteiger partial charge on any atom is 0.317 e. The number of allylic oxidation sites excluding steroid dienone is 1. The first kappa shape index (κ1) is 16.8. The number of hydrogen-bond donors (Lipinski definition) is 0. The monoisotopic (exact) mass is 318 g/mol. The van der Waals surface area contributed by atoms with Gasteiger partial charge in [0.05, 0.1) is 12.8 Å². The van der Waals surface area contributed by atoms with Crippen LogP contribution in [0.4, 0.5) is 0 Å². The van der Waals surface area contributed by atoms with Crippen molar-refractivity contribution >= 4 is 23.3 Å². The number of hydrogen-bond acceptors (Lipinski definition) is 3. The van der Waals surface area contributed by atoms with Gasteiger partial charge in [0.25, 0.3) is 0 Å². The quantitative estimate of drug-likeness (QED) is 0.727. The summed E-state index contributed by atoms with van der Waals surface area (Å²) in [5.74, 6) is 0.659. The Morgan fingerprint density at radius 2 is 1.82 bits per heavy atom. The maximum absolute atomic E-state index is 6.12. The summed E-state index contributed by atoms with van der Waals surface area (Å²) in [4.78, 5) is 8.75. The van der Waals surface area contributed by atoms with E-state index in [0.29, 0.717) is 17.1 Å². The van der Waals surface area contributed by atoms with Gasteiger partial charge >= 0.3 is 6.02 Å². The van der Waals surface area contributed by atoms with E-state index in [0.717, 1.165) is 36.1 Å². The number of nitrogens with zero attached hydrogens (tertiary/aromatic N) is 2. The smallest absolute Gasteiger partial charge is 0.317 e. The SMILES string of the molecule is COC1=N/C(Cl)=C(\C)CC/C(c2ccc(CC(C)C)cc2)=N\1. The minimum absolute atomic E-state index is 0.310. The van der Waals surface area contributed by atoms with Crippen LogP contribution < -0.4 is 0 Å². The standard InChI is InChI=1S/C18H23ClN2O/c1-12(2)11-14-6-8-15(9-7-14)16-10-5-13(3)17(19)21-18(20-16)22-4/h6-9,12H,5,10-11H2,1-4H3/b17-13+,20-16+,21-18+. The van der Waals surface area contributed by atoms with E-state index in [1.807, 2.05) is 6.92 Å². The van der Waals surface area contributed by atoms with Gasteiger partial charge in [-0.2, -0.15) is 9.98 Å². The Balaban J connectivity index is 2.28. The lowest BCUT2D eigenvalue weighted by Gasteiger charge is -2.13. The second-order valence-electron chi connectivity index (χ2n) is 6.02. The van der Waals surface area contributed by atoms with Crippen LogP contribution in [0.25, 0.3) is 0 Å². The molecule has 2 rings (SSSR count). The highest BCUT2D eigenvalue weighted by Gasteiger charge is 2.12. The molecule has 0 saturated heterocycles. The average Bonchev–Trinajstić information content (AvgIpc) is 2.48. The molecule has 0 unspecified atom stereocenters. The van der Waals surface area contributed by atoms with Crippen molar-refractivity contribution in [1.29, 1.82) is 0 Å². The minimum Gasteiger partial charge on any atom is -0.467 e. The van der Waals surface area contributed by atoms with E-state index in [1.165, 1.54) is 5.56 Å². The van der Waals surface area contributed by atoms with Crippen LogP contribution in [0, 0.1) is 5.92 Å². The highest BCUT2D eigenvalue weighted by Crippen LogP contribution is 2.21. The lowest BCUT2D eigenvalue weighted by atomic mass is 9.98. The fraction of sp³-hybridized carbons (Fsp3) is 0.444. The molecular weight excluding hydrogens is 296 g/mol. The lowest BCUT2D eigenvalue weighted by Crippen LogP contribution is -2.10. The molecule has 1 aromatic carbocycles. The third kappa shape index (κ3) is 4.44. The molecule has 4 heteroatoms. The van der Waals surface area contributed by atoms with E-state index < -0.39 is 0 Å². The first-order valence-electron chi connectivity index (χ1n) is 7.64. The number of methoxy groups -OCH3 is 1. The van der Waals surface area contributed by atoms with E-state index in [9.17, 15) is 0 Å². The molecule has 1 aliphatic rings. The molecule has 0 saturated carbocycles. The molecule has 0 fully saturated rings. The van der Waals surface area contributed by atoms with Gasteiger partial charge in [0, 0.05) is 0 Å². The third-order valence-corrected chi connectivity index (χ3v) is 4.03. The van der Waals surface area contributed by atoms with Crippen LogP contribution in [0.1, 0.15) is 44.7 Å². The largest absolute Gasteiger partial charge is 0.467 e. The first-order chi connectivity index (χ1) is 10.5. The number of amidine groups is 1. The predicted octanol–water partition coefficient (Wildman–Crippen LogP) is 4.94. The summed E-state index contributed by atoms with van der Waals surface area (Å²) < 4.78 is 5.22.